The molecule has 1 aromatic carbocycles. The van der Waals surface area contributed by atoms with E-state index in [1.807, 2.05) is 20.8 Å². The van der Waals surface area contributed by atoms with Crippen LogP contribution in [0.4, 0.5) is 6.01 Å². The van der Waals surface area contributed by atoms with Gasteiger partial charge in [-0.15, -0.1) is 5.10 Å². The van der Waals surface area contributed by atoms with E-state index in [9.17, 15) is 13.2 Å². The molecule has 0 spiro atoms. The van der Waals surface area contributed by atoms with Gasteiger partial charge in [0.15, 0.2) is 0 Å². The summed E-state index contributed by atoms with van der Waals surface area (Å²) in [5.74, 6) is -0.0421. The van der Waals surface area contributed by atoms with Gasteiger partial charge in [0, 0.05) is 25.1 Å². The topological polar surface area (TPSA) is 115 Å². The van der Waals surface area contributed by atoms with Gasteiger partial charge in [0.05, 0.1) is 17.1 Å². The van der Waals surface area contributed by atoms with Gasteiger partial charge < -0.3 is 9.15 Å². The molecular formula is C17H22N4O5S. The van der Waals surface area contributed by atoms with Crippen LogP contribution in [0.3, 0.4) is 0 Å². The number of amides is 1. The number of ether oxygens (including phenoxy) is 1. The van der Waals surface area contributed by atoms with Crippen LogP contribution in [0.1, 0.15) is 37.0 Å². The Hall–Kier alpha value is -2.30. The highest BCUT2D eigenvalue weighted by molar-refractivity contribution is 7.89. The molecule has 27 heavy (non-hydrogen) atoms. The van der Waals surface area contributed by atoms with Gasteiger partial charge in [-0.3, -0.25) is 10.1 Å². The minimum Gasteiger partial charge on any atom is -0.408 e. The minimum atomic E-state index is -3.65. The number of sulfonamides is 1. The van der Waals surface area contributed by atoms with E-state index in [-0.39, 0.29) is 28.7 Å². The van der Waals surface area contributed by atoms with Crippen LogP contribution >= 0.6 is 0 Å². The summed E-state index contributed by atoms with van der Waals surface area (Å²) in [5, 5.41) is 9.98. The minimum absolute atomic E-state index is 0.00448. The number of carbonyl (C=O) groups excluding carboxylic acids is 1. The standard InChI is InChI=1S/C17H22N4O5S/c1-4-15-19-20-17(26-15)18-16(22)13-5-7-14(8-6-13)27(23,24)21-9-11(2)25-12(3)10-21/h5-8,11-12H,4,9-10H2,1-3H3,(H,18,20,22)/t11-,12-/m1/s1. The van der Waals surface area contributed by atoms with Gasteiger partial charge in [-0.2, -0.15) is 4.31 Å². The zero-order valence-corrected chi connectivity index (χ0v) is 16.2. The van der Waals surface area contributed by atoms with Crippen LogP contribution in [-0.4, -0.2) is 54.1 Å². The SMILES string of the molecule is CCc1nnc(NC(=O)c2ccc(S(=O)(=O)N3C[C@@H](C)O[C@H](C)C3)cc2)o1. The van der Waals surface area contributed by atoms with Crippen molar-refractivity contribution < 1.29 is 22.4 Å². The number of aromatic nitrogens is 2. The van der Waals surface area contributed by atoms with Crippen LogP contribution in [0.25, 0.3) is 0 Å². The number of benzene rings is 1. The smallest absolute Gasteiger partial charge is 0.322 e. The number of aryl methyl sites for hydroxylation is 1. The first-order valence-electron chi connectivity index (χ1n) is 8.69. The van der Waals surface area contributed by atoms with E-state index in [0.717, 1.165) is 0 Å². The number of nitrogens with one attached hydrogen (secondary N) is 1. The number of carbonyl (C=O) groups is 1. The fourth-order valence-corrected chi connectivity index (χ4v) is 4.46. The molecule has 1 amide bonds. The van der Waals surface area contributed by atoms with E-state index in [1.54, 1.807) is 0 Å². The summed E-state index contributed by atoms with van der Waals surface area (Å²) in [4.78, 5) is 12.4. The average Bonchev–Trinajstić information content (AvgIpc) is 3.08. The van der Waals surface area contributed by atoms with Gasteiger partial charge in [0.25, 0.3) is 5.91 Å². The molecule has 0 saturated carbocycles. The monoisotopic (exact) mass is 394 g/mol. The molecule has 10 heteroatoms. The lowest BCUT2D eigenvalue weighted by molar-refractivity contribution is -0.0440. The summed E-state index contributed by atoms with van der Waals surface area (Å²) in [7, 11) is -3.65. The van der Waals surface area contributed by atoms with Crippen molar-refractivity contribution in [2.45, 2.75) is 44.3 Å². The Kier molecular flexibility index (Phi) is 5.59. The fraction of sp³-hybridized carbons (Fsp3) is 0.471. The van der Waals surface area contributed by atoms with Crippen LogP contribution in [0.2, 0.25) is 0 Å². The summed E-state index contributed by atoms with van der Waals surface area (Å²) >= 11 is 0. The van der Waals surface area contributed by atoms with Gasteiger partial charge in [0.2, 0.25) is 15.9 Å². The van der Waals surface area contributed by atoms with E-state index in [4.69, 9.17) is 9.15 Å². The molecule has 2 heterocycles. The zero-order valence-electron chi connectivity index (χ0n) is 15.4. The summed E-state index contributed by atoms with van der Waals surface area (Å²) in [6.45, 7) is 6.13. The predicted octanol–water partition coefficient (Wildman–Crippen LogP) is 1.68. The van der Waals surface area contributed by atoms with Crippen molar-refractivity contribution in [1.82, 2.24) is 14.5 Å². The molecule has 146 valence electrons. The van der Waals surface area contributed by atoms with E-state index in [1.165, 1.54) is 28.6 Å². The summed E-state index contributed by atoms with van der Waals surface area (Å²) in [6, 6.07) is 5.74. The fourth-order valence-electron chi connectivity index (χ4n) is 2.87. The number of rotatable bonds is 5. The normalized spacial score (nSPS) is 21.1. The third-order valence-corrected chi connectivity index (χ3v) is 5.98. The molecule has 0 aliphatic carbocycles. The Bertz CT molecular complexity index is 900. The lowest BCUT2D eigenvalue weighted by Gasteiger charge is -2.34. The number of nitrogens with zero attached hydrogens (tertiary/aromatic N) is 3. The second-order valence-corrected chi connectivity index (χ2v) is 8.35. The molecule has 1 aromatic heterocycles. The van der Waals surface area contributed by atoms with Crippen LogP contribution in [0.5, 0.6) is 0 Å². The van der Waals surface area contributed by atoms with E-state index < -0.39 is 15.9 Å². The first-order chi connectivity index (χ1) is 12.8. The number of morpholine rings is 1. The van der Waals surface area contributed by atoms with Crippen LogP contribution < -0.4 is 5.32 Å². The molecule has 1 N–H and O–H groups in total. The molecular weight excluding hydrogens is 372 g/mol. The van der Waals surface area contributed by atoms with E-state index >= 15 is 0 Å². The molecule has 1 saturated heterocycles. The van der Waals surface area contributed by atoms with Gasteiger partial charge >= 0.3 is 6.01 Å². The van der Waals surface area contributed by atoms with Crippen molar-refractivity contribution in [3.63, 3.8) is 0 Å². The highest BCUT2D eigenvalue weighted by Gasteiger charge is 2.32. The Labute approximate surface area is 157 Å². The lowest BCUT2D eigenvalue weighted by Crippen LogP contribution is -2.48. The molecule has 2 aromatic rings. The number of anilines is 1. The van der Waals surface area contributed by atoms with E-state index in [0.29, 0.717) is 25.4 Å². The molecule has 2 atom stereocenters. The largest absolute Gasteiger partial charge is 0.408 e. The number of hydrogen-bond donors (Lipinski definition) is 1. The molecule has 1 aliphatic heterocycles. The number of hydrogen-bond acceptors (Lipinski definition) is 7. The summed E-state index contributed by atoms with van der Waals surface area (Å²) in [5.41, 5.74) is 0.286. The lowest BCUT2D eigenvalue weighted by atomic mass is 10.2. The van der Waals surface area contributed by atoms with Gasteiger partial charge in [-0.05, 0) is 38.1 Å². The Morgan fingerprint density at radius 2 is 1.81 bits per heavy atom. The molecule has 0 radical (unpaired) electrons. The van der Waals surface area contributed by atoms with Crippen LogP contribution in [0, 0.1) is 0 Å². The molecule has 3 rings (SSSR count). The van der Waals surface area contributed by atoms with Crippen molar-refractivity contribution in [2.24, 2.45) is 0 Å². The van der Waals surface area contributed by atoms with Crippen molar-refractivity contribution in [3.8, 4) is 0 Å². The first-order valence-corrected chi connectivity index (χ1v) is 10.1. The highest BCUT2D eigenvalue weighted by Crippen LogP contribution is 2.21. The quantitative estimate of drug-likeness (QED) is 0.820. The molecule has 0 unspecified atom stereocenters. The Morgan fingerprint density at radius 3 is 2.37 bits per heavy atom. The van der Waals surface area contributed by atoms with Gasteiger partial charge in [0.1, 0.15) is 0 Å². The summed E-state index contributed by atoms with van der Waals surface area (Å²) in [6.07, 6.45) is 0.223. The third kappa shape index (κ3) is 4.34. The van der Waals surface area contributed by atoms with Crippen molar-refractivity contribution >= 4 is 21.9 Å². The van der Waals surface area contributed by atoms with Gasteiger partial charge in [-0.25, -0.2) is 8.42 Å². The van der Waals surface area contributed by atoms with Crippen molar-refractivity contribution in [1.29, 1.82) is 0 Å². The van der Waals surface area contributed by atoms with Crippen molar-refractivity contribution in [3.05, 3.63) is 35.7 Å². The summed E-state index contributed by atoms with van der Waals surface area (Å²) < 4.78 is 37.9. The van der Waals surface area contributed by atoms with Crippen molar-refractivity contribution in [2.75, 3.05) is 18.4 Å². The maximum absolute atomic E-state index is 12.8. The molecule has 9 nitrogen and oxygen atoms in total. The second kappa shape index (κ2) is 7.75. The molecule has 0 bridgehead atoms. The van der Waals surface area contributed by atoms with Crippen LogP contribution in [0.15, 0.2) is 33.6 Å². The zero-order chi connectivity index (χ0) is 19.6. The predicted molar refractivity (Wildman–Crippen MR) is 96.8 cm³/mol. The maximum Gasteiger partial charge on any atom is 0.322 e. The van der Waals surface area contributed by atoms with E-state index in [2.05, 4.69) is 15.5 Å². The molecule has 1 aliphatic rings. The second-order valence-electron chi connectivity index (χ2n) is 6.41. The molecule has 1 fully saturated rings. The highest BCUT2D eigenvalue weighted by atomic mass is 32.2. The maximum atomic E-state index is 12.8. The Balaban J connectivity index is 1.73. The Morgan fingerprint density at radius 1 is 1.19 bits per heavy atom. The first kappa shape index (κ1) is 19.5. The van der Waals surface area contributed by atoms with Crippen LogP contribution in [-0.2, 0) is 21.2 Å². The average molecular weight is 394 g/mol. The van der Waals surface area contributed by atoms with Gasteiger partial charge in [-0.1, -0.05) is 12.0 Å². The third-order valence-electron chi connectivity index (χ3n) is 4.13.